The lowest BCUT2D eigenvalue weighted by molar-refractivity contribution is -0.159. The fraction of sp³-hybridized carbons (Fsp3) is 0.800. The monoisotopic (exact) mass is 379 g/mol. The Balaban J connectivity index is 0. The van der Waals surface area contributed by atoms with Crippen molar-refractivity contribution in [3.05, 3.63) is 0 Å². The van der Waals surface area contributed by atoms with Gasteiger partial charge in [0, 0.05) is 12.3 Å². The van der Waals surface area contributed by atoms with E-state index in [1.165, 1.54) is 12.3 Å². The van der Waals surface area contributed by atoms with E-state index in [0.717, 1.165) is 13.1 Å². The molecular formula is C10H22NO4PS4. The first-order valence-electron chi connectivity index (χ1n) is 5.80. The Morgan fingerprint density at radius 1 is 1.10 bits per heavy atom. The Morgan fingerprint density at radius 3 is 1.75 bits per heavy atom. The van der Waals surface area contributed by atoms with Crippen LogP contribution in [0.15, 0.2) is 0 Å². The first-order chi connectivity index (χ1) is 9.26. The van der Waals surface area contributed by atoms with Gasteiger partial charge in [-0.05, 0) is 25.6 Å². The van der Waals surface area contributed by atoms with Gasteiger partial charge in [0.15, 0.2) is 0 Å². The van der Waals surface area contributed by atoms with Crippen LogP contribution in [0.3, 0.4) is 0 Å². The zero-order chi connectivity index (χ0) is 16.2. The Morgan fingerprint density at radius 2 is 1.50 bits per heavy atom. The van der Waals surface area contributed by atoms with Gasteiger partial charge in [-0.2, -0.15) is 0 Å². The van der Waals surface area contributed by atoms with Crippen molar-refractivity contribution in [1.82, 2.24) is 4.90 Å². The summed E-state index contributed by atoms with van der Waals surface area (Å²) in [6, 6.07) is 0. The second-order valence-corrected chi connectivity index (χ2v) is 19.3. The highest BCUT2D eigenvalue weighted by Gasteiger charge is 2.14. The predicted molar refractivity (Wildman–Crippen MR) is 96.8 cm³/mol. The molecule has 0 fully saturated rings. The molecule has 0 rings (SSSR count). The number of aliphatic carboxylic acids is 2. The van der Waals surface area contributed by atoms with Gasteiger partial charge >= 0.3 is 11.9 Å². The van der Waals surface area contributed by atoms with Crippen molar-refractivity contribution < 1.29 is 19.8 Å². The first-order valence-corrected chi connectivity index (χ1v) is 13.9. The Labute approximate surface area is 137 Å². The maximum Gasteiger partial charge on any atom is 0.414 e. The minimum atomic E-state index is -1.82. The van der Waals surface area contributed by atoms with Crippen LogP contribution in [0.4, 0.5) is 0 Å². The van der Waals surface area contributed by atoms with Crippen LogP contribution in [0, 0.1) is 0 Å². The molecule has 20 heavy (non-hydrogen) atoms. The Bertz CT molecular complexity index is 319. The number of carbonyl (C=O) groups is 2. The second-order valence-electron chi connectivity index (χ2n) is 3.28. The summed E-state index contributed by atoms with van der Waals surface area (Å²) < 4.78 is -1.20. The summed E-state index contributed by atoms with van der Waals surface area (Å²) in [6.45, 7) is 7.91. The molecule has 0 amide bonds. The molecule has 10 heteroatoms. The number of carboxylic acids is 2. The molecule has 0 unspecified atom stereocenters. The summed E-state index contributed by atoms with van der Waals surface area (Å²) in [4.78, 5) is 20.7. The number of nitrogens with zero attached hydrogens (tertiary/aromatic N) is 1. The van der Waals surface area contributed by atoms with Gasteiger partial charge in [-0.25, -0.2) is 9.59 Å². The maximum absolute atomic E-state index is 9.10. The van der Waals surface area contributed by atoms with Gasteiger partial charge in [-0.1, -0.05) is 25.7 Å². The van der Waals surface area contributed by atoms with Crippen LogP contribution in [-0.4, -0.2) is 65.0 Å². The van der Waals surface area contributed by atoms with Crippen LogP contribution in [-0.2, 0) is 21.4 Å². The summed E-state index contributed by atoms with van der Waals surface area (Å²) in [6.07, 6.45) is 4.28. The van der Waals surface area contributed by atoms with Crippen LogP contribution in [0.5, 0.6) is 0 Å². The molecule has 0 aliphatic carbocycles. The third-order valence-corrected chi connectivity index (χ3v) is 18.8. The molecule has 5 nitrogen and oxygen atoms in total. The summed E-state index contributed by atoms with van der Waals surface area (Å²) in [7, 11) is 0. The van der Waals surface area contributed by atoms with E-state index >= 15 is 0 Å². The van der Waals surface area contributed by atoms with Gasteiger partial charge in [-0.15, -0.1) is 34.1 Å². The molecule has 0 aromatic carbocycles. The smallest absolute Gasteiger partial charge is 0.414 e. The summed E-state index contributed by atoms with van der Waals surface area (Å²) in [5, 5.41) is 14.8. The predicted octanol–water partition coefficient (Wildman–Crippen LogP) is 3.17. The third kappa shape index (κ3) is 12.3. The van der Waals surface area contributed by atoms with Crippen LogP contribution in [0.1, 0.15) is 13.8 Å². The van der Waals surface area contributed by atoms with Crippen molar-refractivity contribution in [3.8, 4) is 0 Å². The largest absolute Gasteiger partial charge is 0.473 e. The van der Waals surface area contributed by atoms with E-state index in [4.69, 9.17) is 31.6 Å². The van der Waals surface area contributed by atoms with E-state index in [1.807, 2.05) is 34.1 Å². The molecule has 0 aliphatic rings. The first kappa shape index (κ1) is 22.9. The fourth-order valence-electron chi connectivity index (χ4n) is 1.00. The van der Waals surface area contributed by atoms with Crippen molar-refractivity contribution in [2.24, 2.45) is 0 Å². The minimum Gasteiger partial charge on any atom is -0.473 e. The van der Waals surface area contributed by atoms with Gasteiger partial charge in [-0.3, -0.25) is 0 Å². The summed E-state index contributed by atoms with van der Waals surface area (Å²) in [5.74, 6) is -2.47. The van der Waals surface area contributed by atoms with Gasteiger partial charge in [0.2, 0.25) is 0 Å². The molecule has 0 aromatic rings. The van der Waals surface area contributed by atoms with Gasteiger partial charge in [0.1, 0.15) is 3.64 Å². The van der Waals surface area contributed by atoms with E-state index in [9.17, 15) is 0 Å². The zero-order valence-electron chi connectivity index (χ0n) is 12.1. The zero-order valence-corrected chi connectivity index (χ0v) is 16.2. The molecular weight excluding hydrogens is 357 g/mol. The molecule has 2 N–H and O–H groups in total. The van der Waals surface area contributed by atoms with Gasteiger partial charge in [0.05, 0.1) is 0 Å². The highest BCUT2D eigenvalue weighted by molar-refractivity contribution is 9.22. The Hall–Kier alpha value is 0.600. The van der Waals surface area contributed by atoms with Crippen molar-refractivity contribution in [1.29, 1.82) is 0 Å². The third-order valence-electron chi connectivity index (χ3n) is 2.18. The van der Waals surface area contributed by atoms with E-state index in [0.29, 0.717) is 0 Å². The SMILES string of the molecule is CCN(CC)CCSP(=S)(SC)SC.O=C(O)C(=O)O. The molecule has 0 bridgehead atoms. The molecule has 120 valence electrons. The van der Waals surface area contributed by atoms with Gasteiger partial charge < -0.3 is 15.1 Å². The van der Waals surface area contributed by atoms with E-state index in [2.05, 4.69) is 31.3 Å². The minimum absolute atomic E-state index is 1.15. The van der Waals surface area contributed by atoms with Crippen LogP contribution >= 0.6 is 37.8 Å². The normalized spacial score (nSPS) is 10.8. The second kappa shape index (κ2) is 13.3. The van der Waals surface area contributed by atoms with E-state index < -0.39 is 15.6 Å². The van der Waals surface area contributed by atoms with Crippen LogP contribution < -0.4 is 0 Å². The molecule has 0 saturated carbocycles. The van der Waals surface area contributed by atoms with Crippen molar-refractivity contribution >= 4 is 61.5 Å². The van der Waals surface area contributed by atoms with Crippen molar-refractivity contribution in [2.45, 2.75) is 13.8 Å². The molecule has 0 atom stereocenters. The standard InChI is InChI=1S/C8H20NPS4.C2H2O4/c1-5-9(6-2)7-8-14-10(11,12-3)13-4;3-1(4)2(5)6/h5-8H2,1-4H3;(H,3,4)(H,5,6). The molecule has 0 aliphatic heterocycles. The topological polar surface area (TPSA) is 77.8 Å². The fourth-order valence-corrected chi connectivity index (χ4v) is 9.17. The quantitative estimate of drug-likeness (QED) is 0.488. The van der Waals surface area contributed by atoms with Crippen LogP contribution in [0.25, 0.3) is 0 Å². The summed E-state index contributed by atoms with van der Waals surface area (Å²) in [5.41, 5.74) is 0. The average Bonchev–Trinajstić information content (AvgIpc) is 2.44. The molecule has 0 radical (unpaired) electrons. The lowest BCUT2D eigenvalue weighted by atomic mass is 10.5. The average molecular weight is 380 g/mol. The molecule has 0 heterocycles. The maximum atomic E-state index is 9.10. The highest BCUT2D eigenvalue weighted by Crippen LogP contribution is 2.76. The van der Waals surface area contributed by atoms with Crippen molar-refractivity contribution in [2.75, 3.05) is 37.9 Å². The molecule has 0 spiro atoms. The van der Waals surface area contributed by atoms with E-state index in [-0.39, 0.29) is 0 Å². The lowest BCUT2D eigenvalue weighted by Gasteiger charge is -2.20. The summed E-state index contributed by atoms with van der Waals surface area (Å²) >= 11 is 11.3. The molecule has 0 aromatic heterocycles. The Kier molecular flexibility index (Phi) is 15.2. The number of hydrogen-bond acceptors (Lipinski definition) is 7. The lowest BCUT2D eigenvalue weighted by Crippen LogP contribution is -2.25. The van der Waals surface area contributed by atoms with Gasteiger partial charge in [0.25, 0.3) is 0 Å². The van der Waals surface area contributed by atoms with Crippen molar-refractivity contribution in [3.63, 3.8) is 0 Å². The highest BCUT2D eigenvalue weighted by atomic mass is 33.5. The number of hydrogen-bond donors (Lipinski definition) is 2. The number of carboxylic acid groups (broad SMARTS) is 2. The van der Waals surface area contributed by atoms with Crippen LogP contribution in [0.2, 0.25) is 0 Å². The number of rotatable bonds is 8. The molecule has 0 saturated heterocycles. The van der Waals surface area contributed by atoms with E-state index in [1.54, 1.807) is 0 Å².